The van der Waals surface area contributed by atoms with Crippen LogP contribution in [0, 0.1) is 5.41 Å². The van der Waals surface area contributed by atoms with Gasteiger partial charge in [-0.25, -0.2) is 9.59 Å². The first-order valence-corrected chi connectivity index (χ1v) is 10.0. The van der Waals surface area contributed by atoms with E-state index in [9.17, 15) is 9.59 Å². The van der Waals surface area contributed by atoms with Gasteiger partial charge in [0.05, 0.1) is 19.9 Å². The van der Waals surface area contributed by atoms with Crippen LogP contribution in [0.3, 0.4) is 0 Å². The highest BCUT2D eigenvalue weighted by Gasteiger charge is 2.32. The predicted octanol–water partition coefficient (Wildman–Crippen LogP) is 4.78. The molecule has 0 aliphatic carbocycles. The first kappa shape index (κ1) is 24.0. The Morgan fingerprint density at radius 1 is 0.964 bits per heavy atom. The van der Waals surface area contributed by atoms with Gasteiger partial charge in [0.2, 0.25) is 0 Å². The molecule has 0 atom stereocenters. The smallest absolute Gasteiger partial charge is 0.347 e. The maximum atomic E-state index is 12.6. The van der Waals surface area contributed by atoms with Crippen LogP contribution in [0.2, 0.25) is 0 Å². The van der Waals surface area contributed by atoms with Crippen molar-refractivity contribution in [2.75, 3.05) is 27.3 Å². The average Bonchev–Trinajstić information content (AvgIpc) is 2.67. The monoisotopic (exact) mass is 451 g/mol. The molecular formula is C22H30BrNO4. The number of halogens is 1. The van der Waals surface area contributed by atoms with E-state index in [1.54, 1.807) is 0 Å². The molecule has 1 aromatic rings. The van der Waals surface area contributed by atoms with Crippen LogP contribution in [0.5, 0.6) is 0 Å². The standard InChI is InChI=1S/C22H30BrNO4/c1-8-24(9-2)19(16(20(25)27-6)21(26)28-7)18(23)17(22(3,4)5)15-13-11-10-12-14-15/h10-14H,8-9H2,1-7H3/b18-17+. The Morgan fingerprint density at radius 3 is 1.79 bits per heavy atom. The number of allylic oxidation sites excluding steroid dienone is 2. The van der Waals surface area contributed by atoms with Gasteiger partial charge in [-0.2, -0.15) is 0 Å². The van der Waals surface area contributed by atoms with E-state index in [2.05, 4.69) is 36.7 Å². The van der Waals surface area contributed by atoms with Crippen LogP contribution < -0.4 is 0 Å². The molecular weight excluding hydrogens is 422 g/mol. The molecule has 0 aliphatic heterocycles. The highest BCUT2D eigenvalue weighted by Crippen LogP contribution is 2.42. The third-order valence-electron chi connectivity index (χ3n) is 4.34. The molecule has 0 N–H and O–H groups in total. The van der Waals surface area contributed by atoms with Gasteiger partial charge in [-0.15, -0.1) is 0 Å². The molecule has 0 bridgehead atoms. The summed E-state index contributed by atoms with van der Waals surface area (Å²) in [5, 5.41) is 0. The fraction of sp³-hybridized carbons (Fsp3) is 0.455. The summed E-state index contributed by atoms with van der Waals surface area (Å²) in [5.41, 5.74) is 2.05. The number of likely N-dealkylation sites (N-methyl/N-ethyl adjacent to an activating group) is 1. The largest absolute Gasteiger partial charge is 0.465 e. The van der Waals surface area contributed by atoms with Gasteiger partial charge in [-0.3, -0.25) is 0 Å². The molecule has 0 aliphatic rings. The lowest BCUT2D eigenvalue weighted by atomic mass is 9.81. The fourth-order valence-corrected chi connectivity index (χ4v) is 4.31. The first-order valence-electron chi connectivity index (χ1n) is 9.25. The zero-order chi connectivity index (χ0) is 21.5. The van der Waals surface area contributed by atoms with Crippen LogP contribution in [0.25, 0.3) is 5.57 Å². The molecule has 0 saturated carbocycles. The van der Waals surface area contributed by atoms with E-state index in [1.165, 1.54) is 14.2 Å². The van der Waals surface area contributed by atoms with Crippen LogP contribution in [-0.2, 0) is 19.1 Å². The van der Waals surface area contributed by atoms with Gasteiger partial charge >= 0.3 is 11.9 Å². The molecule has 28 heavy (non-hydrogen) atoms. The Bertz CT molecular complexity index is 738. The number of carbonyl (C=O) groups is 2. The zero-order valence-electron chi connectivity index (χ0n) is 17.8. The molecule has 6 heteroatoms. The van der Waals surface area contributed by atoms with Crippen molar-refractivity contribution in [2.45, 2.75) is 34.6 Å². The van der Waals surface area contributed by atoms with Crippen molar-refractivity contribution in [3.8, 4) is 0 Å². The number of nitrogens with zero attached hydrogens (tertiary/aromatic N) is 1. The van der Waals surface area contributed by atoms with Gasteiger partial charge in [0.1, 0.15) is 0 Å². The van der Waals surface area contributed by atoms with Crippen LogP contribution >= 0.6 is 15.9 Å². The van der Waals surface area contributed by atoms with E-state index >= 15 is 0 Å². The molecule has 5 nitrogen and oxygen atoms in total. The van der Waals surface area contributed by atoms with Crippen LogP contribution in [0.15, 0.2) is 46.1 Å². The third kappa shape index (κ3) is 5.47. The number of benzene rings is 1. The molecule has 154 valence electrons. The van der Waals surface area contributed by atoms with Gasteiger partial charge in [-0.1, -0.05) is 51.1 Å². The summed E-state index contributed by atoms with van der Waals surface area (Å²) >= 11 is 3.73. The summed E-state index contributed by atoms with van der Waals surface area (Å²) < 4.78 is 10.5. The Kier molecular flexibility index (Phi) is 8.95. The van der Waals surface area contributed by atoms with E-state index < -0.39 is 11.9 Å². The molecule has 0 aromatic heterocycles. The lowest BCUT2D eigenvalue weighted by Gasteiger charge is -2.31. The molecule has 0 heterocycles. The zero-order valence-corrected chi connectivity index (χ0v) is 19.3. The second kappa shape index (κ2) is 10.5. The van der Waals surface area contributed by atoms with Crippen molar-refractivity contribution in [3.05, 3.63) is 51.6 Å². The summed E-state index contributed by atoms with van der Waals surface area (Å²) in [4.78, 5) is 27.1. The van der Waals surface area contributed by atoms with Gasteiger partial charge in [-0.05, 0) is 46.3 Å². The van der Waals surface area contributed by atoms with Crippen LogP contribution in [-0.4, -0.2) is 44.1 Å². The maximum Gasteiger partial charge on any atom is 0.347 e. The summed E-state index contributed by atoms with van der Waals surface area (Å²) in [5.74, 6) is -1.46. The van der Waals surface area contributed by atoms with E-state index in [-0.39, 0.29) is 11.0 Å². The van der Waals surface area contributed by atoms with Crippen molar-refractivity contribution in [2.24, 2.45) is 5.41 Å². The molecule has 0 fully saturated rings. The normalized spacial score (nSPS) is 12.0. The van der Waals surface area contributed by atoms with Crippen molar-refractivity contribution >= 4 is 33.4 Å². The number of carbonyl (C=O) groups excluding carboxylic acids is 2. The summed E-state index contributed by atoms with van der Waals surface area (Å²) in [6.07, 6.45) is 0. The molecule has 0 radical (unpaired) electrons. The molecule has 1 aromatic carbocycles. The molecule has 0 unspecified atom stereocenters. The first-order chi connectivity index (χ1) is 13.1. The third-order valence-corrected chi connectivity index (χ3v) is 5.11. The van der Waals surface area contributed by atoms with Crippen LogP contribution in [0.1, 0.15) is 40.2 Å². The highest BCUT2D eigenvalue weighted by molar-refractivity contribution is 9.12. The summed E-state index contributed by atoms with van der Waals surface area (Å²) in [6, 6.07) is 9.90. The number of hydrogen-bond acceptors (Lipinski definition) is 5. The number of hydrogen-bond donors (Lipinski definition) is 0. The number of rotatable bonds is 7. The molecule has 1 rings (SSSR count). The minimum Gasteiger partial charge on any atom is -0.465 e. The minimum absolute atomic E-state index is 0.127. The van der Waals surface area contributed by atoms with Crippen molar-refractivity contribution in [1.82, 2.24) is 4.90 Å². The van der Waals surface area contributed by atoms with Crippen LogP contribution in [0.4, 0.5) is 0 Å². The molecule has 0 saturated heterocycles. The summed E-state index contributed by atoms with van der Waals surface area (Å²) in [7, 11) is 2.51. The SMILES string of the molecule is CCN(CC)C(=C(C(=O)OC)C(=O)OC)/C(Br)=C(/c1ccccc1)C(C)(C)C. The maximum absolute atomic E-state index is 12.6. The Morgan fingerprint density at radius 2 is 1.43 bits per heavy atom. The number of esters is 2. The van der Waals surface area contributed by atoms with E-state index in [1.807, 2.05) is 49.1 Å². The molecule has 0 spiro atoms. The predicted molar refractivity (Wildman–Crippen MR) is 116 cm³/mol. The summed E-state index contributed by atoms with van der Waals surface area (Å²) in [6.45, 7) is 11.4. The second-order valence-corrected chi connectivity index (χ2v) is 7.98. The van der Waals surface area contributed by atoms with Crippen molar-refractivity contribution < 1.29 is 19.1 Å². The van der Waals surface area contributed by atoms with Gasteiger partial charge < -0.3 is 14.4 Å². The molecule has 0 amide bonds. The van der Waals surface area contributed by atoms with Gasteiger partial charge in [0.25, 0.3) is 0 Å². The van der Waals surface area contributed by atoms with Gasteiger partial charge in [0, 0.05) is 17.6 Å². The van der Waals surface area contributed by atoms with Crippen molar-refractivity contribution in [3.63, 3.8) is 0 Å². The number of methoxy groups -OCH3 is 2. The average molecular weight is 452 g/mol. The van der Waals surface area contributed by atoms with E-state index in [0.29, 0.717) is 23.3 Å². The fourth-order valence-electron chi connectivity index (χ4n) is 3.04. The van der Waals surface area contributed by atoms with E-state index in [4.69, 9.17) is 9.47 Å². The minimum atomic E-state index is -0.730. The topological polar surface area (TPSA) is 55.8 Å². The lowest BCUT2D eigenvalue weighted by Crippen LogP contribution is -2.30. The highest BCUT2D eigenvalue weighted by atomic mass is 79.9. The Labute approximate surface area is 176 Å². The van der Waals surface area contributed by atoms with E-state index in [0.717, 1.165) is 11.1 Å². The second-order valence-electron chi connectivity index (χ2n) is 7.18. The Hall–Kier alpha value is -2.08. The van der Waals surface area contributed by atoms with Gasteiger partial charge in [0.15, 0.2) is 5.57 Å². The Balaban J connectivity index is 4.04. The lowest BCUT2D eigenvalue weighted by molar-refractivity contribution is -0.144. The quantitative estimate of drug-likeness (QED) is 0.196. The van der Waals surface area contributed by atoms with Crippen molar-refractivity contribution in [1.29, 1.82) is 0 Å². The number of ether oxygens (including phenoxy) is 2.